The quantitative estimate of drug-likeness (QED) is 0.277. The smallest absolute Gasteiger partial charge is 0.326 e. The second-order valence-electron chi connectivity index (χ2n) is 5.32. The fourth-order valence-electron chi connectivity index (χ4n) is 1.75. The molecule has 0 radical (unpaired) electrons. The molecule has 0 aliphatic carbocycles. The Bertz CT molecular complexity index is 588. The predicted molar refractivity (Wildman–Crippen MR) is 91.9 cm³/mol. The lowest BCUT2D eigenvalue weighted by atomic mass is 10.2. The minimum atomic E-state index is -0.518. The number of carbonyl (C=O) groups excluding carboxylic acids is 1. The van der Waals surface area contributed by atoms with E-state index in [4.69, 9.17) is 4.74 Å². The summed E-state index contributed by atoms with van der Waals surface area (Å²) >= 11 is 2.08. The molecule has 110 valence electrons. The third-order valence-electron chi connectivity index (χ3n) is 2.99. The van der Waals surface area contributed by atoms with Crippen molar-refractivity contribution in [3.63, 3.8) is 0 Å². The number of hydrogen-bond donors (Lipinski definition) is 1. The minimum absolute atomic E-state index is 0.232. The van der Waals surface area contributed by atoms with E-state index in [0.717, 1.165) is 12.2 Å². The molecule has 0 heterocycles. The molecule has 2 aromatic carbocycles. The van der Waals surface area contributed by atoms with Gasteiger partial charge in [-0.25, -0.2) is 0 Å². The highest BCUT2D eigenvalue weighted by Gasteiger charge is 2.25. The zero-order chi connectivity index (χ0) is 15.3. The van der Waals surface area contributed by atoms with Gasteiger partial charge >= 0.3 is 5.97 Å². The average molecular weight is 396 g/mol. The fourth-order valence-corrected chi connectivity index (χ4v) is 1.86. The summed E-state index contributed by atoms with van der Waals surface area (Å²) in [6.07, 6.45) is 0. The number of halogens is 1. The van der Waals surface area contributed by atoms with Crippen molar-refractivity contribution in [3.8, 4) is 5.75 Å². The lowest BCUT2D eigenvalue weighted by molar-refractivity contribution is -0.588. The van der Waals surface area contributed by atoms with Crippen molar-refractivity contribution >= 4 is 34.2 Å². The van der Waals surface area contributed by atoms with Crippen molar-refractivity contribution < 1.29 is 14.8 Å². The van der Waals surface area contributed by atoms with E-state index in [9.17, 15) is 4.79 Å². The first-order valence-electron chi connectivity index (χ1n) is 6.83. The van der Waals surface area contributed by atoms with E-state index in [0.29, 0.717) is 5.75 Å². The second-order valence-corrected chi connectivity index (χ2v) is 8.02. The van der Waals surface area contributed by atoms with E-state index in [1.54, 1.807) is 0 Å². The topological polar surface area (TPSA) is 42.9 Å². The number of ether oxygens (including phenoxy) is 1. The highest BCUT2D eigenvalue weighted by molar-refractivity contribution is 14.1. The lowest BCUT2D eigenvalue weighted by Crippen LogP contribution is -2.76. The largest absolute Gasteiger partial charge is 0.426 e. The van der Waals surface area contributed by atoms with Crippen LogP contribution in [0.25, 0.3) is 0 Å². The summed E-state index contributed by atoms with van der Waals surface area (Å²) in [6, 6.07) is 17.9. The highest BCUT2D eigenvalue weighted by atomic mass is 127. The number of quaternary nitrogens is 1. The van der Waals surface area contributed by atoms with Gasteiger partial charge in [-0.2, -0.15) is 0 Å². The van der Waals surface area contributed by atoms with Crippen LogP contribution < -0.4 is 10.1 Å². The SMILES string of the molecule is CC(C)(I)C(=O)Oc1ccc([NH2+]Cc2ccccc2)cc1. The molecular formula is C17H19INO2+. The average Bonchev–Trinajstić information content (AvgIpc) is 2.46. The normalized spacial score (nSPS) is 11.2. The van der Waals surface area contributed by atoms with E-state index in [1.165, 1.54) is 5.56 Å². The van der Waals surface area contributed by atoms with Crippen LogP contribution in [0.15, 0.2) is 54.6 Å². The molecule has 0 fully saturated rings. The van der Waals surface area contributed by atoms with E-state index in [1.807, 2.05) is 56.3 Å². The van der Waals surface area contributed by atoms with E-state index < -0.39 is 3.42 Å². The van der Waals surface area contributed by atoms with Gasteiger partial charge in [0, 0.05) is 17.7 Å². The van der Waals surface area contributed by atoms with Crippen LogP contribution in [0, 0.1) is 0 Å². The number of hydrogen-bond acceptors (Lipinski definition) is 2. The highest BCUT2D eigenvalue weighted by Crippen LogP contribution is 2.21. The van der Waals surface area contributed by atoms with Gasteiger partial charge in [0.2, 0.25) is 0 Å². The van der Waals surface area contributed by atoms with Crippen molar-refractivity contribution in [1.82, 2.24) is 0 Å². The zero-order valence-electron chi connectivity index (χ0n) is 12.2. The van der Waals surface area contributed by atoms with E-state index >= 15 is 0 Å². The molecule has 0 aliphatic heterocycles. The van der Waals surface area contributed by atoms with Crippen LogP contribution in [-0.4, -0.2) is 9.39 Å². The molecule has 0 aromatic heterocycles. The Kier molecular flexibility index (Phi) is 5.36. The third kappa shape index (κ3) is 5.13. The van der Waals surface area contributed by atoms with Crippen LogP contribution in [-0.2, 0) is 11.3 Å². The molecule has 2 aromatic rings. The Hall–Kier alpha value is -1.40. The zero-order valence-corrected chi connectivity index (χ0v) is 14.3. The first kappa shape index (κ1) is 16.0. The number of nitrogens with two attached hydrogens (primary N) is 1. The van der Waals surface area contributed by atoms with Crippen molar-refractivity contribution in [1.29, 1.82) is 0 Å². The van der Waals surface area contributed by atoms with Crippen LogP contribution >= 0.6 is 22.6 Å². The molecule has 0 unspecified atom stereocenters. The molecule has 0 saturated heterocycles. The molecule has 0 spiro atoms. The van der Waals surface area contributed by atoms with Crippen LogP contribution in [0.3, 0.4) is 0 Å². The van der Waals surface area contributed by atoms with Gasteiger partial charge in [-0.1, -0.05) is 52.9 Å². The van der Waals surface area contributed by atoms with Crippen LogP contribution in [0.2, 0.25) is 0 Å². The molecule has 0 bridgehead atoms. The first-order chi connectivity index (χ1) is 9.95. The summed E-state index contributed by atoms with van der Waals surface area (Å²) in [7, 11) is 0. The maximum Gasteiger partial charge on any atom is 0.326 e. The first-order valence-corrected chi connectivity index (χ1v) is 7.91. The third-order valence-corrected chi connectivity index (χ3v) is 3.43. The summed E-state index contributed by atoms with van der Waals surface area (Å²) in [5.41, 5.74) is 2.40. The molecular weight excluding hydrogens is 377 g/mol. The number of rotatable bonds is 5. The molecule has 4 heteroatoms. The molecule has 21 heavy (non-hydrogen) atoms. The van der Waals surface area contributed by atoms with Crippen LogP contribution in [0.5, 0.6) is 5.75 Å². The molecule has 3 nitrogen and oxygen atoms in total. The standard InChI is InChI=1S/C17H18INO2/c1-17(2,18)16(20)21-15-10-8-14(9-11-15)19-12-13-6-4-3-5-7-13/h3-11,19H,12H2,1-2H3/p+1. The van der Waals surface area contributed by atoms with Crippen LogP contribution in [0.4, 0.5) is 5.69 Å². The van der Waals surface area contributed by atoms with Gasteiger partial charge in [-0.05, 0) is 26.0 Å². The lowest BCUT2D eigenvalue weighted by Gasteiger charge is -2.14. The van der Waals surface area contributed by atoms with Crippen molar-refractivity contribution in [2.45, 2.75) is 23.8 Å². The molecule has 0 saturated carbocycles. The molecule has 0 aliphatic rings. The van der Waals surface area contributed by atoms with Gasteiger partial charge in [0.25, 0.3) is 0 Å². The van der Waals surface area contributed by atoms with Gasteiger partial charge < -0.3 is 10.1 Å². The summed E-state index contributed by atoms with van der Waals surface area (Å²) in [5.74, 6) is 0.353. The summed E-state index contributed by atoms with van der Waals surface area (Å²) in [4.78, 5) is 11.8. The molecule has 2 rings (SSSR count). The fraction of sp³-hybridized carbons (Fsp3) is 0.235. The van der Waals surface area contributed by atoms with Gasteiger partial charge in [0.15, 0.2) is 0 Å². The number of carbonyl (C=O) groups is 1. The summed E-state index contributed by atoms with van der Waals surface area (Å²) in [6.45, 7) is 4.55. The molecule has 0 amide bonds. The van der Waals surface area contributed by atoms with Gasteiger partial charge in [-0.3, -0.25) is 4.79 Å². The number of esters is 1. The minimum Gasteiger partial charge on any atom is -0.426 e. The second kappa shape index (κ2) is 7.04. The molecule has 2 N–H and O–H groups in total. The Balaban J connectivity index is 1.92. The van der Waals surface area contributed by atoms with Gasteiger partial charge in [-0.15, -0.1) is 0 Å². The summed E-state index contributed by atoms with van der Waals surface area (Å²) < 4.78 is 4.82. The van der Waals surface area contributed by atoms with Gasteiger partial charge in [0.1, 0.15) is 21.4 Å². The van der Waals surface area contributed by atoms with Crippen molar-refractivity contribution in [2.75, 3.05) is 0 Å². The number of benzene rings is 2. The summed E-state index contributed by atoms with van der Waals surface area (Å²) in [5, 5.41) is 2.16. The maximum atomic E-state index is 11.8. The predicted octanol–water partition coefficient (Wildman–Crippen LogP) is 3.20. The Morgan fingerprint density at radius 3 is 2.29 bits per heavy atom. The van der Waals surface area contributed by atoms with Gasteiger partial charge in [0.05, 0.1) is 0 Å². The Morgan fingerprint density at radius 1 is 1.10 bits per heavy atom. The van der Waals surface area contributed by atoms with Crippen molar-refractivity contribution in [2.24, 2.45) is 0 Å². The van der Waals surface area contributed by atoms with E-state index in [2.05, 4.69) is 40.0 Å². The van der Waals surface area contributed by atoms with E-state index in [-0.39, 0.29) is 5.97 Å². The Morgan fingerprint density at radius 2 is 1.71 bits per heavy atom. The van der Waals surface area contributed by atoms with Crippen molar-refractivity contribution in [3.05, 3.63) is 60.2 Å². The monoisotopic (exact) mass is 396 g/mol. The van der Waals surface area contributed by atoms with Crippen LogP contribution in [0.1, 0.15) is 19.4 Å². The number of alkyl halides is 1. The maximum absolute atomic E-state index is 11.8. The molecule has 0 atom stereocenters. The Labute approximate surface area is 138 Å².